The maximum Gasteiger partial charge on any atom is 0.224 e. The van der Waals surface area contributed by atoms with E-state index in [9.17, 15) is 4.79 Å². The van der Waals surface area contributed by atoms with Crippen molar-refractivity contribution >= 4 is 22.9 Å². The molecule has 0 saturated carbocycles. The molecule has 2 rings (SSSR count). The molecule has 18 heavy (non-hydrogen) atoms. The van der Waals surface area contributed by atoms with Gasteiger partial charge in [0.2, 0.25) is 5.91 Å². The maximum atomic E-state index is 11.7. The van der Waals surface area contributed by atoms with E-state index in [1.807, 2.05) is 29.6 Å². The summed E-state index contributed by atoms with van der Waals surface area (Å²) in [5.74, 6) is 0.0345. The number of carbonyl (C=O) groups is 1. The van der Waals surface area contributed by atoms with E-state index in [1.165, 1.54) is 5.56 Å². The Labute approximate surface area is 111 Å². The van der Waals surface area contributed by atoms with Crippen molar-refractivity contribution in [1.29, 1.82) is 0 Å². The summed E-state index contributed by atoms with van der Waals surface area (Å²) in [6.45, 7) is 2.11. The molecule has 0 atom stereocenters. The van der Waals surface area contributed by atoms with E-state index < -0.39 is 0 Å². The summed E-state index contributed by atoms with van der Waals surface area (Å²) < 4.78 is 0. The average Bonchev–Trinajstić information content (AvgIpc) is 2.90. The molecule has 1 amide bonds. The Kier molecular flexibility index (Phi) is 4.47. The van der Waals surface area contributed by atoms with Gasteiger partial charge in [0.05, 0.1) is 11.2 Å². The van der Waals surface area contributed by atoms with Crippen LogP contribution in [-0.2, 0) is 17.6 Å². The van der Waals surface area contributed by atoms with Gasteiger partial charge in [-0.1, -0.05) is 19.1 Å². The predicted molar refractivity (Wildman–Crippen MR) is 74.9 cm³/mol. The average molecular weight is 260 g/mol. The molecular formula is C14H16N2OS. The molecule has 1 aromatic heterocycles. The lowest BCUT2D eigenvalue weighted by atomic mass is 10.1. The number of thiazole rings is 1. The van der Waals surface area contributed by atoms with Crippen LogP contribution < -0.4 is 5.32 Å². The lowest BCUT2D eigenvalue weighted by molar-refractivity contribution is -0.116. The van der Waals surface area contributed by atoms with Crippen molar-refractivity contribution in [3.05, 3.63) is 46.4 Å². The lowest BCUT2D eigenvalue weighted by Crippen LogP contribution is -2.12. The zero-order valence-electron chi connectivity index (χ0n) is 10.3. The smallest absolute Gasteiger partial charge is 0.224 e. The monoisotopic (exact) mass is 260 g/mol. The highest BCUT2D eigenvalue weighted by molar-refractivity contribution is 7.07. The molecule has 0 unspecified atom stereocenters. The SMILES string of the molecule is CCc1ccc(NC(=O)CCc2cscn2)cc1. The number of aromatic nitrogens is 1. The molecule has 0 aliphatic carbocycles. The number of rotatable bonds is 5. The van der Waals surface area contributed by atoms with Gasteiger partial charge in [0, 0.05) is 17.5 Å². The van der Waals surface area contributed by atoms with E-state index in [2.05, 4.69) is 17.2 Å². The van der Waals surface area contributed by atoms with Crippen molar-refractivity contribution in [2.75, 3.05) is 5.32 Å². The second-order valence-corrected chi connectivity index (χ2v) is 4.80. The Balaban J connectivity index is 1.83. The molecule has 0 saturated heterocycles. The van der Waals surface area contributed by atoms with E-state index in [1.54, 1.807) is 16.8 Å². The Morgan fingerprint density at radius 3 is 2.72 bits per heavy atom. The van der Waals surface area contributed by atoms with Crippen LogP contribution >= 0.6 is 11.3 Å². The summed E-state index contributed by atoms with van der Waals surface area (Å²) in [4.78, 5) is 15.9. The molecule has 1 heterocycles. The van der Waals surface area contributed by atoms with Gasteiger partial charge in [-0.3, -0.25) is 4.79 Å². The molecule has 1 aromatic carbocycles. The third-order valence-corrected chi connectivity index (χ3v) is 3.37. The van der Waals surface area contributed by atoms with E-state index >= 15 is 0 Å². The normalized spacial score (nSPS) is 10.3. The van der Waals surface area contributed by atoms with E-state index in [0.717, 1.165) is 17.8 Å². The minimum atomic E-state index is 0.0345. The van der Waals surface area contributed by atoms with Crippen molar-refractivity contribution in [1.82, 2.24) is 4.98 Å². The predicted octanol–water partition coefficient (Wildman–Crippen LogP) is 3.28. The second-order valence-electron chi connectivity index (χ2n) is 4.08. The fourth-order valence-electron chi connectivity index (χ4n) is 1.65. The van der Waals surface area contributed by atoms with E-state index in [4.69, 9.17) is 0 Å². The number of anilines is 1. The van der Waals surface area contributed by atoms with E-state index in [-0.39, 0.29) is 5.91 Å². The first-order valence-corrected chi connectivity index (χ1v) is 6.98. The number of hydrogen-bond donors (Lipinski definition) is 1. The fraction of sp³-hybridized carbons (Fsp3) is 0.286. The molecular weight excluding hydrogens is 244 g/mol. The van der Waals surface area contributed by atoms with Crippen LogP contribution in [0.25, 0.3) is 0 Å². The maximum absolute atomic E-state index is 11.7. The number of hydrogen-bond acceptors (Lipinski definition) is 3. The summed E-state index contributed by atoms with van der Waals surface area (Å²) in [6.07, 6.45) is 2.18. The van der Waals surface area contributed by atoms with Gasteiger partial charge in [-0.15, -0.1) is 11.3 Å². The fourth-order valence-corrected chi connectivity index (χ4v) is 2.24. The standard InChI is InChI=1S/C14H16N2OS/c1-2-11-3-5-12(6-4-11)16-14(17)8-7-13-9-18-10-15-13/h3-6,9-10H,2,7-8H2,1H3,(H,16,17). The molecule has 4 heteroatoms. The van der Waals surface area contributed by atoms with Gasteiger partial charge in [-0.2, -0.15) is 0 Å². The topological polar surface area (TPSA) is 42.0 Å². The Hall–Kier alpha value is -1.68. The number of benzene rings is 1. The molecule has 94 valence electrons. The molecule has 3 nitrogen and oxygen atoms in total. The van der Waals surface area contributed by atoms with Crippen molar-refractivity contribution in [3.8, 4) is 0 Å². The van der Waals surface area contributed by atoms with Crippen LogP contribution in [0.5, 0.6) is 0 Å². The summed E-state index contributed by atoms with van der Waals surface area (Å²) >= 11 is 1.56. The van der Waals surface area contributed by atoms with Crippen LogP contribution in [0.4, 0.5) is 5.69 Å². The lowest BCUT2D eigenvalue weighted by Gasteiger charge is -2.05. The minimum Gasteiger partial charge on any atom is -0.326 e. The number of nitrogens with one attached hydrogen (secondary N) is 1. The van der Waals surface area contributed by atoms with Crippen LogP contribution in [0.15, 0.2) is 35.2 Å². The highest BCUT2D eigenvalue weighted by Gasteiger charge is 2.04. The molecule has 0 spiro atoms. The van der Waals surface area contributed by atoms with Gasteiger partial charge in [0.25, 0.3) is 0 Å². The number of carbonyl (C=O) groups excluding carboxylic acids is 1. The third-order valence-electron chi connectivity index (χ3n) is 2.74. The highest BCUT2D eigenvalue weighted by atomic mass is 32.1. The molecule has 0 fully saturated rings. The Morgan fingerprint density at radius 1 is 1.33 bits per heavy atom. The van der Waals surface area contributed by atoms with Gasteiger partial charge < -0.3 is 5.32 Å². The van der Waals surface area contributed by atoms with Crippen LogP contribution in [-0.4, -0.2) is 10.9 Å². The second kappa shape index (κ2) is 6.31. The Bertz CT molecular complexity index is 491. The third kappa shape index (κ3) is 3.67. The summed E-state index contributed by atoms with van der Waals surface area (Å²) in [7, 11) is 0. The number of nitrogens with zero attached hydrogens (tertiary/aromatic N) is 1. The number of aryl methyl sites for hydroxylation is 2. The largest absolute Gasteiger partial charge is 0.326 e. The van der Waals surface area contributed by atoms with Gasteiger partial charge in [-0.05, 0) is 30.5 Å². The number of amides is 1. The van der Waals surface area contributed by atoms with E-state index in [0.29, 0.717) is 12.8 Å². The minimum absolute atomic E-state index is 0.0345. The summed E-state index contributed by atoms with van der Waals surface area (Å²) in [5.41, 5.74) is 4.90. The quantitative estimate of drug-likeness (QED) is 0.896. The van der Waals surface area contributed by atoms with Gasteiger partial charge in [0.1, 0.15) is 0 Å². The van der Waals surface area contributed by atoms with Gasteiger partial charge in [0.15, 0.2) is 0 Å². The molecule has 0 bridgehead atoms. The molecule has 0 aliphatic rings. The first-order valence-electron chi connectivity index (χ1n) is 6.04. The van der Waals surface area contributed by atoms with Crippen molar-refractivity contribution in [2.45, 2.75) is 26.2 Å². The first kappa shape index (κ1) is 12.8. The van der Waals surface area contributed by atoms with Crippen molar-refractivity contribution in [3.63, 3.8) is 0 Å². The van der Waals surface area contributed by atoms with Crippen LogP contribution in [0, 0.1) is 0 Å². The van der Waals surface area contributed by atoms with Crippen LogP contribution in [0.2, 0.25) is 0 Å². The van der Waals surface area contributed by atoms with Crippen LogP contribution in [0.3, 0.4) is 0 Å². The van der Waals surface area contributed by atoms with Crippen molar-refractivity contribution < 1.29 is 4.79 Å². The zero-order valence-corrected chi connectivity index (χ0v) is 11.2. The summed E-state index contributed by atoms with van der Waals surface area (Å²) in [5, 5.41) is 4.87. The molecule has 0 radical (unpaired) electrons. The van der Waals surface area contributed by atoms with Gasteiger partial charge >= 0.3 is 0 Å². The highest BCUT2D eigenvalue weighted by Crippen LogP contribution is 2.11. The zero-order chi connectivity index (χ0) is 12.8. The van der Waals surface area contributed by atoms with Crippen LogP contribution in [0.1, 0.15) is 24.6 Å². The van der Waals surface area contributed by atoms with Gasteiger partial charge in [-0.25, -0.2) is 4.98 Å². The summed E-state index contributed by atoms with van der Waals surface area (Å²) in [6, 6.07) is 7.96. The Morgan fingerprint density at radius 2 is 2.11 bits per heavy atom. The first-order chi connectivity index (χ1) is 8.78. The molecule has 2 aromatic rings. The molecule has 0 aliphatic heterocycles. The molecule has 1 N–H and O–H groups in total. The van der Waals surface area contributed by atoms with Crippen molar-refractivity contribution in [2.24, 2.45) is 0 Å².